The molecule has 2 aromatic rings. The standard InChI is InChI=1S/C29H32FNO3/c1-6-9-19-12-25(30)16(3)20-10-8-11-21(27(19)20)22-14-31-26(17(22)4)13-24-23(28(31)32)15-34-18(5)29(24,33)7-2/h12-13,33H,4-11,14-15H2,1-3H3/b22-21-. The maximum Gasteiger partial charge on any atom is 0.258 e. The van der Waals surface area contributed by atoms with E-state index in [0.717, 1.165) is 71.2 Å². The lowest BCUT2D eigenvalue weighted by Crippen LogP contribution is -2.39. The number of benzene rings is 1. The van der Waals surface area contributed by atoms with Gasteiger partial charge in [-0.1, -0.05) is 33.4 Å². The summed E-state index contributed by atoms with van der Waals surface area (Å²) in [6.07, 6.45) is 4.80. The summed E-state index contributed by atoms with van der Waals surface area (Å²) >= 11 is 0. The number of aliphatic hydroxyl groups is 1. The minimum Gasteiger partial charge on any atom is -0.490 e. The van der Waals surface area contributed by atoms with Crippen LogP contribution in [0.4, 0.5) is 4.39 Å². The normalized spacial score (nSPS) is 23.4. The van der Waals surface area contributed by atoms with Crippen molar-refractivity contribution in [3.8, 4) is 0 Å². The molecule has 2 aliphatic heterocycles. The highest BCUT2D eigenvalue weighted by molar-refractivity contribution is 5.91. The Kier molecular flexibility index (Phi) is 5.44. The lowest BCUT2D eigenvalue weighted by molar-refractivity contribution is -0.0173. The number of nitrogens with zero attached hydrogens (tertiary/aromatic N) is 1. The van der Waals surface area contributed by atoms with E-state index in [2.05, 4.69) is 20.1 Å². The number of pyridine rings is 1. The van der Waals surface area contributed by atoms with Crippen LogP contribution in [0, 0.1) is 12.7 Å². The van der Waals surface area contributed by atoms with Crippen LogP contribution in [-0.4, -0.2) is 9.67 Å². The largest absolute Gasteiger partial charge is 0.490 e. The highest BCUT2D eigenvalue weighted by Gasteiger charge is 2.41. The molecule has 0 saturated heterocycles. The summed E-state index contributed by atoms with van der Waals surface area (Å²) in [6, 6.07) is 3.60. The SMILES string of the molecule is C=C1/C(=C2/CCCc3c(C)c(F)cc(CCC)c32)Cn2c1cc1c(c2=O)COC(=C)C1(O)CC. The lowest BCUT2D eigenvalue weighted by atomic mass is 9.78. The van der Waals surface area contributed by atoms with Gasteiger partial charge in [0.05, 0.1) is 17.8 Å². The molecule has 0 saturated carbocycles. The van der Waals surface area contributed by atoms with Gasteiger partial charge in [-0.25, -0.2) is 4.39 Å². The van der Waals surface area contributed by atoms with Crippen LogP contribution in [0.15, 0.2) is 41.4 Å². The summed E-state index contributed by atoms with van der Waals surface area (Å²) in [7, 11) is 0. The number of aromatic nitrogens is 1. The first-order valence-electron chi connectivity index (χ1n) is 12.3. The van der Waals surface area contributed by atoms with E-state index < -0.39 is 5.60 Å². The molecular weight excluding hydrogens is 429 g/mol. The summed E-state index contributed by atoms with van der Waals surface area (Å²) in [5.41, 5.74) is 7.31. The van der Waals surface area contributed by atoms with Crippen molar-refractivity contribution < 1.29 is 14.2 Å². The first-order valence-corrected chi connectivity index (χ1v) is 12.3. The van der Waals surface area contributed by atoms with E-state index in [0.29, 0.717) is 24.1 Å². The Hall–Kier alpha value is -2.92. The number of hydrogen-bond acceptors (Lipinski definition) is 3. The molecule has 0 fully saturated rings. The third-order valence-electron chi connectivity index (χ3n) is 7.97. The van der Waals surface area contributed by atoms with Crippen LogP contribution in [0.1, 0.15) is 78.6 Å². The van der Waals surface area contributed by atoms with Crippen molar-refractivity contribution in [2.45, 2.75) is 78.0 Å². The second kappa shape index (κ2) is 8.09. The molecule has 3 aliphatic rings. The Balaban J connectivity index is 1.72. The molecule has 34 heavy (non-hydrogen) atoms. The Morgan fingerprint density at radius 1 is 1.18 bits per heavy atom. The molecule has 1 aromatic carbocycles. The zero-order chi connectivity index (χ0) is 24.4. The van der Waals surface area contributed by atoms with Crippen molar-refractivity contribution in [1.82, 2.24) is 4.57 Å². The second-order valence-electron chi connectivity index (χ2n) is 9.77. The number of ether oxygens (including phenoxy) is 1. The third-order valence-corrected chi connectivity index (χ3v) is 7.97. The van der Waals surface area contributed by atoms with Crippen LogP contribution < -0.4 is 5.56 Å². The molecule has 178 valence electrons. The molecule has 3 heterocycles. The molecule has 1 aliphatic carbocycles. The van der Waals surface area contributed by atoms with Gasteiger partial charge in [0.1, 0.15) is 23.8 Å². The highest BCUT2D eigenvalue weighted by atomic mass is 19.1. The molecule has 0 amide bonds. The molecule has 0 bridgehead atoms. The van der Waals surface area contributed by atoms with Crippen LogP contribution in [0.5, 0.6) is 0 Å². The number of allylic oxidation sites excluding steroid dienone is 3. The van der Waals surface area contributed by atoms with Gasteiger partial charge in [-0.05, 0) is 90.1 Å². The highest BCUT2D eigenvalue weighted by Crippen LogP contribution is 2.46. The number of fused-ring (bicyclic) bond motifs is 3. The van der Waals surface area contributed by atoms with E-state index in [4.69, 9.17) is 4.74 Å². The van der Waals surface area contributed by atoms with Crippen LogP contribution in [-0.2, 0) is 36.3 Å². The first kappa shape index (κ1) is 22.9. The number of aryl methyl sites for hydroxylation is 1. The van der Waals surface area contributed by atoms with Crippen molar-refractivity contribution in [3.05, 3.63) is 91.9 Å². The molecule has 4 nitrogen and oxygen atoms in total. The van der Waals surface area contributed by atoms with Gasteiger partial charge in [-0.3, -0.25) is 4.79 Å². The van der Waals surface area contributed by atoms with Crippen molar-refractivity contribution >= 4 is 11.1 Å². The predicted molar refractivity (Wildman–Crippen MR) is 133 cm³/mol. The van der Waals surface area contributed by atoms with Gasteiger partial charge >= 0.3 is 0 Å². The van der Waals surface area contributed by atoms with Crippen molar-refractivity contribution in [2.24, 2.45) is 0 Å². The van der Waals surface area contributed by atoms with Gasteiger partial charge in [-0.15, -0.1) is 0 Å². The Morgan fingerprint density at radius 3 is 2.65 bits per heavy atom. The molecule has 1 atom stereocenters. The quantitative estimate of drug-likeness (QED) is 0.637. The van der Waals surface area contributed by atoms with Crippen LogP contribution >= 0.6 is 0 Å². The minimum absolute atomic E-state index is 0.107. The van der Waals surface area contributed by atoms with E-state index in [1.807, 2.05) is 19.9 Å². The van der Waals surface area contributed by atoms with Gasteiger partial charge in [0, 0.05) is 5.56 Å². The topological polar surface area (TPSA) is 51.5 Å². The van der Waals surface area contributed by atoms with Crippen LogP contribution in [0.2, 0.25) is 0 Å². The average Bonchev–Trinajstić information content (AvgIpc) is 3.16. The fourth-order valence-corrected chi connectivity index (χ4v) is 5.99. The molecule has 1 N–H and O–H groups in total. The molecule has 1 aromatic heterocycles. The minimum atomic E-state index is -1.39. The van der Waals surface area contributed by atoms with Gasteiger partial charge in [0.25, 0.3) is 5.56 Å². The van der Waals surface area contributed by atoms with Gasteiger partial charge in [0.15, 0.2) is 0 Å². The molecule has 0 radical (unpaired) electrons. The summed E-state index contributed by atoms with van der Waals surface area (Å²) in [4.78, 5) is 13.5. The Labute approximate surface area is 200 Å². The maximum absolute atomic E-state index is 14.7. The van der Waals surface area contributed by atoms with Gasteiger partial charge in [0.2, 0.25) is 0 Å². The molecular formula is C29H32FNO3. The molecule has 5 heteroatoms. The van der Waals surface area contributed by atoms with Crippen molar-refractivity contribution in [1.29, 1.82) is 0 Å². The Bertz CT molecular complexity index is 1350. The van der Waals surface area contributed by atoms with E-state index in [-0.39, 0.29) is 23.7 Å². The van der Waals surface area contributed by atoms with E-state index in [9.17, 15) is 14.3 Å². The van der Waals surface area contributed by atoms with E-state index >= 15 is 0 Å². The predicted octanol–water partition coefficient (Wildman–Crippen LogP) is 5.71. The summed E-state index contributed by atoms with van der Waals surface area (Å²) in [6.45, 7) is 14.7. The third kappa shape index (κ3) is 3.09. The Morgan fingerprint density at radius 2 is 1.94 bits per heavy atom. The molecule has 0 spiro atoms. The average molecular weight is 462 g/mol. The van der Waals surface area contributed by atoms with Crippen LogP contribution in [0.25, 0.3) is 11.1 Å². The number of hydrogen-bond donors (Lipinski definition) is 1. The molecule has 1 unspecified atom stereocenters. The van der Waals surface area contributed by atoms with Crippen molar-refractivity contribution in [3.63, 3.8) is 0 Å². The van der Waals surface area contributed by atoms with E-state index in [1.54, 1.807) is 10.6 Å². The monoisotopic (exact) mass is 461 g/mol. The fourth-order valence-electron chi connectivity index (χ4n) is 5.99. The van der Waals surface area contributed by atoms with Gasteiger partial charge in [-0.2, -0.15) is 0 Å². The zero-order valence-electron chi connectivity index (χ0n) is 20.3. The lowest BCUT2D eigenvalue weighted by Gasteiger charge is -2.35. The zero-order valence-corrected chi connectivity index (χ0v) is 20.3. The van der Waals surface area contributed by atoms with E-state index in [1.165, 1.54) is 5.57 Å². The summed E-state index contributed by atoms with van der Waals surface area (Å²) < 4.78 is 22.1. The fraction of sp³-hybridized carbons (Fsp3) is 0.414. The summed E-state index contributed by atoms with van der Waals surface area (Å²) in [5.74, 6) is 0.141. The number of halogens is 1. The number of rotatable bonds is 3. The van der Waals surface area contributed by atoms with Crippen molar-refractivity contribution in [2.75, 3.05) is 0 Å². The van der Waals surface area contributed by atoms with Gasteiger partial charge < -0.3 is 14.4 Å². The first-order chi connectivity index (χ1) is 16.2. The smallest absolute Gasteiger partial charge is 0.258 e. The molecule has 5 rings (SSSR count). The summed E-state index contributed by atoms with van der Waals surface area (Å²) in [5, 5.41) is 11.3. The second-order valence-corrected chi connectivity index (χ2v) is 9.77. The van der Waals surface area contributed by atoms with Crippen LogP contribution in [0.3, 0.4) is 0 Å². The maximum atomic E-state index is 14.7.